The Morgan fingerprint density at radius 2 is 1.40 bits per heavy atom. The molecule has 144 valence electrons. The molecule has 0 saturated heterocycles. The molecule has 0 rings (SSSR count). The topological polar surface area (TPSA) is 26.3 Å². The van der Waals surface area contributed by atoms with Crippen LogP contribution >= 0.6 is 0 Å². The van der Waals surface area contributed by atoms with Crippen molar-refractivity contribution in [2.75, 3.05) is 6.61 Å². The molecule has 0 aromatic heterocycles. The van der Waals surface area contributed by atoms with Crippen LogP contribution in [-0.2, 0) is 9.53 Å². The first-order chi connectivity index (χ1) is 11.6. The van der Waals surface area contributed by atoms with Crippen molar-refractivity contribution in [2.45, 2.75) is 93.4 Å². The number of hydrogen-bond donors (Lipinski definition) is 0. The van der Waals surface area contributed by atoms with E-state index < -0.39 is 0 Å². The Hall–Kier alpha value is -1.31. The summed E-state index contributed by atoms with van der Waals surface area (Å²) in [4.78, 5) is 11.7. The third-order valence-electron chi connectivity index (χ3n) is 4.11. The SMILES string of the molecule is CC(C)=CCC/C(C)=C/CC/C(C)=C/COC(=O)CCCC(C)(C)C. The summed E-state index contributed by atoms with van der Waals surface area (Å²) in [6, 6.07) is 0. The van der Waals surface area contributed by atoms with Gasteiger partial charge in [-0.25, -0.2) is 0 Å². The second-order valence-corrected chi connectivity index (χ2v) is 8.56. The molecule has 0 radical (unpaired) electrons. The van der Waals surface area contributed by atoms with E-state index in [0.717, 1.165) is 38.5 Å². The van der Waals surface area contributed by atoms with Gasteiger partial charge in [0, 0.05) is 6.42 Å². The van der Waals surface area contributed by atoms with Crippen molar-refractivity contribution >= 4 is 5.97 Å². The number of esters is 1. The van der Waals surface area contributed by atoms with E-state index in [4.69, 9.17) is 4.74 Å². The highest BCUT2D eigenvalue weighted by Crippen LogP contribution is 2.21. The van der Waals surface area contributed by atoms with E-state index >= 15 is 0 Å². The minimum Gasteiger partial charge on any atom is -0.461 e. The van der Waals surface area contributed by atoms with E-state index in [-0.39, 0.29) is 11.4 Å². The minimum atomic E-state index is -0.0803. The standard InChI is InChI=1S/C23H40O2/c1-19(2)11-8-12-20(3)13-9-14-21(4)16-18-25-22(24)15-10-17-23(5,6)7/h11,13,16H,8-10,12,14-15,17-18H2,1-7H3/b20-13+,21-16+. The van der Waals surface area contributed by atoms with Gasteiger partial charge in [0.05, 0.1) is 0 Å². The molecule has 0 spiro atoms. The van der Waals surface area contributed by atoms with Crippen LogP contribution in [0.2, 0.25) is 0 Å². The number of allylic oxidation sites excluding steroid dienone is 5. The molecule has 0 fully saturated rings. The summed E-state index contributed by atoms with van der Waals surface area (Å²) in [6.07, 6.45) is 13.5. The monoisotopic (exact) mass is 348 g/mol. The summed E-state index contributed by atoms with van der Waals surface area (Å²) >= 11 is 0. The van der Waals surface area contributed by atoms with Crippen LogP contribution in [-0.4, -0.2) is 12.6 Å². The second kappa shape index (κ2) is 13.0. The Morgan fingerprint density at radius 1 is 0.840 bits per heavy atom. The van der Waals surface area contributed by atoms with Crippen LogP contribution in [0.1, 0.15) is 93.4 Å². The average molecular weight is 349 g/mol. The zero-order chi connectivity index (χ0) is 19.3. The molecule has 0 bridgehead atoms. The van der Waals surface area contributed by atoms with Crippen molar-refractivity contribution in [1.82, 2.24) is 0 Å². The molecule has 0 heterocycles. The number of hydrogen-bond acceptors (Lipinski definition) is 2. The Morgan fingerprint density at radius 3 is 1.96 bits per heavy atom. The zero-order valence-electron chi connectivity index (χ0n) is 17.7. The van der Waals surface area contributed by atoms with Crippen LogP contribution < -0.4 is 0 Å². The lowest BCUT2D eigenvalue weighted by Gasteiger charge is -2.17. The van der Waals surface area contributed by atoms with E-state index in [2.05, 4.69) is 60.6 Å². The lowest BCUT2D eigenvalue weighted by Crippen LogP contribution is -2.08. The van der Waals surface area contributed by atoms with Crippen molar-refractivity contribution in [1.29, 1.82) is 0 Å². The summed E-state index contributed by atoms with van der Waals surface area (Å²) in [5.41, 5.74) is 4.42. The molecule has 0 aromatic rings. The van der Waals surface area contributed by atoms with E-state index in [9.17, 15) is 4.79 Å². The van der Waals surface area contributed by atoms with Gasteiger partial charge in [-0.3, -0.25) is 4.79 Å². The van der Waals surface area contributed by atoms with Crippen molar-refractivity contribution in [3.8, 4) is 0 Å². The highest BCUT2D eigenvalue weighted by atomic mass is 16.5. The third-order valence-corrected chi connectivity index (χ3v) is 4.11. The fourth-order valence-corrected chi connectivity index (χ4v) is 2.45. The van der Waals surface area contributed by atoms with E-state index in [1.165, 1.54) is 16.7 Å². The summed E-state index contributed by atoms with van der Waals surface area (Å²) < 4.78 is 5.29. The van der Waals surface area contributed by atoms with Crippen LogP contribution in [0.3, 0.4) is 0 Å². The maximum absolute atomic E-state index is 11.7. The second-order valence-electron chi connectivity index (χ2n) is 8.56. The van der Waals surface area contributed by atoms with E-state index in [1.54, 1.807) is 0 Å². The van der Waals surface area contributed by atoms with Crippen LogP contribution in [0.5, 0.6) is 0 Å². The molecule has 0 aliphatic rings. The van der Waals surface area contributed by atoms with Crippen molar-refractivity contribution in [3.05, 3.63) is 34.9 Å². The summed E-state index contributed by atoms with van der Waals surface area (Å²) in [6.45, 7) is 15.6. The molecule has 0 unspecified atom stereocenters. The molecule has 2 heteroatoms. The predicted molar refractivity (Wildman–Crippen MR) is 110 cm³/mol. The molecule has 0 atom stereocenters. The molecule has 2 nitrogen and oxygen atoms in total. The smallest absolute Gasteiger partial charge is 0.306 e. The lowest BCUT2D eigenvalue weighted by atomic mass is 9.90. The minimum absolute atomic E-state index is 0.0803. The van der Waals surface area contributed by atoms with Gasteiger partial charge >= 0.3 is 5.97 Å². The molecule has 0 N–H and O–H groups in total. The molecular weight excluding hydrogens is 308 g/mol. The van der Waals surface area contributed by atoms with Crippen LogP contribution in [0, 0.1) is 5.41 Å². The zero-order valence-corrected chi connectivity index (χ0v) is 17.7. The van der Waals surface area contributed by atoms with Gasteiger partial charge in [0.25, 0.3) is 0 Å². The maximum Gasteiger partial charge on any atom is 0.306 e. The quantitative estimate of drug-likeness (QED) is 0.292. The van der Waals surface area contributed by atoms with Gasteiger partial charge in [0.1, 0.15) is 6.61 Å². The Bertz CT molecular complexity index is 469. The number of carbonyl (C=O) groups is 1. The summed E-state index contributed by atoms with van der Waals surface area (Å²) in [7, 11) is 0. The Kier molecular flexibility index (Phi) is 12.3. The van der Waals surface area contributed by atoms with E-state index in [0.29, 0.717) is 13.0 Å². The van der Waals surface area contributed by atoms with Gasteiger partial charge < -0.3 is 4.74 Å². The van der Waals surface area contributed by atoms with Gasteiger partial charge in [-0.15, -0.1) is 0 Å². The first-order valence-electron chi connectivity index (χ1n) is 9.70. The fourth-order valence-electron chi connectivity index (χ4n) is 2.45. The number of rotatable bonds is 11. The van der Waals surface area contributed by atoms with Crippen molar-refractivity contribution < 1.29 is 9.53 Å². The molecule has 0 aromatic carbocycles. The van der Waals surface area contributed by atoms with Crippen molar-refractivity contribution in [3.63, 3.8) is 0 Å². The molecular formula is C23H40O2. The van der Waals surface area contributed by atoms with Gasteiger partial charge in [0.15, 0.2) is 0 Å². The maximum atomic E-state index is 11.7. The summed E-state index contributed by atoms with van der Waals surface area (Å²) in [5, 5.41) is 0. The van der Waals surface area contributed by atoms with Gasteiger partial charge in [0.2, 0.25) is 0 Å². The van der Waals surface area contributed by atoms with Crippen LogP contribution in [0.4, 0.5) is 0 Å². The normalized spacial score (nSPS) is 12.9. The average Bonchev–Trinajstić information content (AvgIpc) is 2.45. The predicted octanol–water partition coefficient (Wildman–Crippen LogP) is 7.17. The number of ether oxygens (including phenoxy) is 1. The van der Waals surface area contributed by atoms with Gasteiger partial charge in [-0.05, 0) is 77.7 Å². The van der Waals surface area contributed by atoms with Gasteiger partial charge in [-0.1, -0.05) is 49.6 Å². The van der Waals surface area contributed by atoms with Crippen LogP contribution in [0.25, 0.3) is 0 Å². The highest BCUT2D eigenvalue weighted by Gasteiger charge is 2.11. The molecule has 0 amide bonds. The Labute approximate surface area is 156 Å². The first-order valence-corrected chi connectivity index (χ1v) is 9.70. The third kappa shape index (κ3) is 17.3. The fraction of sp³-hybridized carbons (Fsp3) is 0.696. The lowest BCUT2D eigenvalue weighted by molar-refractivity contribution is -0.142. The highest BCUT2D eigenvalue weighted by molar-refractivity contribution is 5.69. The molecule has 25 heavy (non-hydrogen) atoms. The van der Waals surface area contributed by atoms with Crippen molar-refractivity contribution in [2.24, 2.45) is 5.41 Å². The van der Waals surface area contributed by atoms with E-state index in [1.807, 2.05) is 6.08 Å². The first kappa shape index (κ1) is 23.7. The number of carbonyl (C=O) groups excluding carboxylic acids is 1. The largest absolute Gasteiger partial charge is 0.461 e. The van der Waals surface area contributed by atoms with Gasteiger partial charge in [-0.2, -0.15) is 0 Å². The Balaban J connectivity index is 3.90. The molecule has 0 aliphatic heterocycles. The molecule has 0 saturated carbocycles. The molecule has 0 aliphatic carbocycles. The van der Waals surface area contributed by atoms with Crippen LogP contribution in [0.15, 0.2) is 34.9 Å². The summed E-state index contributed by atoms with van der Waals surface area (Å²) in [5.74, 6) is -0.0803.